The molecule has 0 aliphatic rings. The van der Waals surface area contributed by atoms with Crippen LogP contribution in [0.25, 0.3) is 0 Å². The molecule has 0 saturated carbocycles. The third-order valence-corrected chi connectivity index (χ3v) is 2.26. The third-order valence-electron chi connectivity index (χ3n) is 1.71. The average molecular weight is 249 g/mol. The lowest BCUT2D eigenvalue weighted by molar-refractivity contribution is -0.122. The van der Waals surface area contributed by atoms with Crippen molar-refractivity contribution in [1.29, 1.82) is 0 Å². The zero-order chi connectivity index (χ0) is 11.3. The van der Waals surface area contributed by atoms with Crippen molar-refractivity contribution in [3.63, 3.8) is 0 Å². The normalized spacial score (nSPS) is 10.1. The second kappa shape index (κ2) is 5.95. The predicted molar refractivity (Wildman–Crippen MR) is 58.7 cm³/mol. The first-order chi connectivity index (χ1) is 7.13. The summed E-state index contributed by atoms with van der Waals surface area (Å²) in [7, 11) is 0. The van der Waals surface area contributed by atoms with E-state index >= 15 is 0 Å². The molecule has 82 valence electrons. The quantitative estimate of drug-likeness (QED) is 0.871. The molecule has 0 unspecified atom stereocenters. The SMILES string of the molecule is O=C(CO)CCOc1cc(Cl)ccc1Cl. The molecule has 0 spiro atoms. The minimum Gasteiger partial charge on any atom is -0.492 e. The van der Waals surface area contributed by atoms with Crippen LogP contribution in [0.1, 0.15) is 6.42 Å². The van der Waals surface area contributed by atoms with Gasteiger partial charge in [0.05, 0.1) is 11.6 Å². The molecule has 1 N–H and O–H groups in total. The highest BCUT2D eigenvalue weighted by molar-refractivity contribution is 6.34. The van der Waals surface area contributed by atoms with Crippen molar-refractivity contribution in [2.75, 3.05) is 13.2 Å². The van der Waals surface area contributed by atoms with Crippen molar-refractivity contribution in [2.45, 2.75) is 6.42 Å². The fourth-order valence-corrected chi connectivity index (χ4v) is 1.28. The van der Waals surface area contributed by atoms with Crippen LogP contribution in [0.2, 0.25) is 10.0 Å². The molecule has 0 atom stereocenters. The number of carbonyl (C=O) groups is 1. The summed E-state index contributed by atoms with van der Waals surface area (Å²) < 4.78 is 5.24. The minimum absolute atomic E-state index is 0.152. The first-order valence-electron chi connectivity index (χ1n) is 4.34. The first-order valence-corrected chi connectivity index (χ1v) is 5.09. The number of rotatable bonds is 5. The molecule has 0 saturated heterocycles. The standard InChI is InChI=1S/C10H10Cl2O3/c11-7-1-2-9(12)10(5-7)15-4-3-8(14)6-13/h1-2,5,13H,3-4,6H2. The van der Waals surface area contributed by atoms with Gasteiger partial charge >= 0.3 is 0 Å². The van der Waals surface area contributed by atoms with Gasteiger partial charge in [-0.2, -0.15) is 0 Å². The molecule has 0 bridgehead atoms. The summed E-state index contributed by atoms with van der Waals surface area (Å²) in [6.45, 7) is -0.286. The number of aliphatic hydroxyl groups excluding tert-OH is 1. The van der Waals surface area contributed by atoms with Crippen LogP contribution in [0.5, 0.6) is 5.75 Å². The molecule has 0 amide bonds. The van der Waals surface area contributed by atoms with Gasteiger partial charge in [0.15, 0.2) is 5.78 Å². The number of ketones is 1. The van der Waals surface area contributed by atoms with E-state index in [1.54, 1.807) is 18.2 Å². The van der Waals surface area contributed by atoms with Crippen molar-refractivity contribution in [1.82, 2.24) is 0 Å². The number of halogens is 2. The molecule has 1 rings (SSSR count). The Hall–Kier alpha value is -0.770. The van der Waals surface area contributed by atoms with E-state index in [1.807, 2.05) is 0 Å². The van der Waals surface area contributed by atoms with Gasteiger partial charge in [0.2, 0.25) is 0 Å². The van der Waals surface area contributed by atoms with Gasteiger partial charge < -0.3 is 9.84 Å². The van der Waals surface area contributed by atoms with Crippen molar-refractivity contribution in [3.8, 4) is 5.75 Å². The number of carbonyl (C=O) groups excluding carboxylic acids is 1. The monoisotopic (exact) mass is 248 g/mol. The Labute approximate surface area is 97.6 Å². The van der Waals surface area contributed by atoms with Crippen molar-refractivity contribution >= 4 is 29.0 Å². The highest BCUT2D eigenvalue weighted by Crippen LogP contribution is 2.27. The van der Waals surface area contributed by atoms with Crippen LogP contribution in [0.15, 0.2) is 18.2 Å². The van der Waals surface area contributed by atoms with Gasteiger partial charge in [-0.15, -0.1) is 0 Å². The lowest BCUT2D eigenvalue weighted by Gasteiger charge is -2.07. The van der Waals surface area contributed by atoms with Crippen LogP contribution in [-0.4, -0.2) is 24.1 Å². The van der Waals surface area contributed by atoms with E-state index in [0.29, 0.717) is 15.8 Å². The maximum atomic E-state index is 10.8. The molecule has 5 heteroatoms. The van der Waals surface area contributed by atoms with Gasteiger partial charge in [-0.25, -0.2) is 0 Å². The average Bonchev–Trinajstić information content (AvgIpc) is 2.23. The molecule has 0 aliphatic carbocycles. The van der Waals surface area contributed by atoms with Gasteiger partial charge in [-0.3, -0.25) is 4.79 Å². The molecule has 0 heterocycles. The predicted octanol–water partition coefficient (Wildman–Crippen LogP) is 2.32. The Morgan fingerprint density at radius 2 is 2.13 bits per heavy atom. The molecule has 0 radical (unpaired) electrons. The second-order valence-electron chi connectivity index (χ2n) is 2.87. The number of benzene rings is 1. The molecule has 1 aromatic rings. The summed E-state index contributed by atoms with van der Waals surface area (Å²) in [5.41, 5.74) is 0. The van der Waals surface area contributed by atoms with Gasteiger partial charge in [0.25, 0.3) is 0 Å². The van der Waals surface area contributed by atoms with Crippen LogP contribution >= 0.6 is 23.2 Å². The number of ether oxygens (including phenoxy) is 1. The zero-order valence-corrected chi connectivity index (χ0v) is 9.38. The van der Waals surface area contributed by atoms with E-state index in [9.17, 15) is 4.79 Å². The first kappa shape index (κ1) is 12.3. The molecule has 1 aromatic carbocycles. The highest BCUT2D eigenvalue weighted by atomic mass is 35.5. The fourth-order valence-electron chi connectivity index (χ4n) is 0.942. The van der Waals surface area contributed by atoms with E-state index in [4.69, 9.17) is 33.0 Å². The zero-order valence-electron chi connectivity index (χ0n) is 7.87. The maximum Gasteiger partial charge on any atom is 0.161 e. The number of aliphatic hydroxyl groups is 1. The Bertz CT molecular complexity index is 353. The van der Waals surface area contributed by atoms with Gasteiger partial charge in [-0.05, 0) is 12.1 Å². The molecular weight excluding hydrogens is 239 g/mol. The van der Waals surface area contributed by atoms with Crippen LogP contribution < -0.4 is 4.74 Å². The summed E-state index contributed by atoms with van der Waals surface area (Å²) >= 11 is 11.6. The van der Waals surface area contributed by atoms with Crippen LogP contribution in [-0.2, 0) is 4.79 Å². The molecular formula is C10H10Cl2O3. The van der Waals surface area contributed by atoms with E-state index in [-0.39, 0.29) is 18.8 Å². The third kappa shape index (κ3) is 4.08. The van der Waals surface area contributed by atoms with E-state index < -0.39 is 6.61 Å². The Kier molecular flexibility index (Phi) is 4.88. The summed E-state index contributed by atoms with van der Waals surface area (Å²) in [6.07, 6.45) is 0.152. The Morgan fingerprint density at radius 3 is 2.80 bits per heavy atom. The van der Waals surface area contributed by atoms with Crippen molar-refractivity contribution < 1.29 is 14.6 Å². The highest BCUT2D eigenvalue weighted by Gasteiger charge is 2.04. The summed E-state index contributed by atoms with van der Waals surface area (Å²) in [6, 6.07) is 4.84. The second-order valence-corrected chi connectivity index (χ2v) is 3.71. The lowest BCUT2D eigenvalue weighted by Crippen LogP contribution is -2.09. The van der Waals surface area contributed by atoms with Gasteiger partial charge in [-0.1, -0.05) is 23.2 Å². The largest absolute Gasteiger partial charge is 0.492 e. The summed E-state index contributed by atoms with van der Waals surface area (Å²) in [4.78, 5) is 10.8. The lowest BCUT2D eigenvalue weighted by atomic mass is 10.3. The topological polar surface area (TPSA) is 46.5 Å². The molecule has 15 heavy (non-hydrogen) atoms. The molecule has 0 aromatic heterocycles. The smallest absolute Gasteiger partial charge is 0.161 e. The van der Waals surface area contributed by atoms with Crippen LogP contribution in [0.3, 0.4) is 0 Å². The molecule has 3 nitrogen and oxygen atoms in total. The van der Waals surface area contributed by atoms with E-state index in [0.717, 1.165) is 0 Å². The molecule has 0 aliphatic heterocycles. The van der Waals surface area contributed by atoms with E-state index in [2.05, 4.69) is 0 Å². The number of Topliss-reactive ketones (excluding diaryl/α,β-unsaturated/α-hetero) is 1. The van der Waals surface area contributed by atoms with Crippen molar-refractivity contribution in [3.05, 3.63) is 28.2 Å². The summed E-state index contributed by atoms with van der Waals surface area (Å²) in [5.74, 6) is 0.169. The fraction of sp³-hybridized carbons (Fsp3) is 0.300. The van der Waals surface area contributed by atoms with Gasteiger partial charge in [0, 0.05) is 17.5 Å². The van der Waals surface area contributed by atoms with E-state index in [1.165, 1.54) is 0 Å². The minimum atomic E-state index is -0.466. The molecule has 0 fully saturated rings. The van der Waals surface area contributed by atoms with Gasteiger partial charge in [0.1, 0.15) is 12.4 Å². The van der Waals surface area contributed by atoms with Crippen LogP contribution in [0, 0.1) is 0 Å². The maximum absolute atomic E-state index is 10.8. The Balaban J connectivity index is 2.50. The summed E-state index contributed by atoms with van der Waals surface area (Å²) in [5, 5.41) is 9.44. The van der Waals surface area contributed by atoms with Crippen LogP contribution in [0.4, 0.5) is 0 Å². The van der Waals surface area contributed by atoms with Crippen molar-refractivity contribution in [2.24, 2.45) is 0 Å². The number of hydrogen-bond acceptors (Lipinski definition) is 3. The number of hydrogen-bond donors (Lipinski definition) is 1. The Morgan fingerprint density at radius 1 is 1.40 bits per heavy atom.